The molecule has 5 nitrogen and oxygen atoms in total. The van der Waals surface area contributed by atoms with Gasteiger partial charge in [-0.05, 0) is 31.0 Å². The highest BCUT2D eigenvalue weighted by Crippen LogP contribution is 2.18. The van der Waals surface area contributed by atoms with Gasteiger partial charge < -0.3 is 14.4 Å². The molecular weight excluding hydrogens is 318 g/mol. The molecule has 23 heavy (non-hydrogen) atoms. The molecular formula is C17H22ClNO4. The summed E-state index contributed by atoms with van der Waals surface area (Å²) in [4.78, 5) is 26.1. The Balaban J connectivity index is 2.13. The van der Waals surface area contributed by atoms with E-state index in [-0.39, 0.29) is 24.5 Å². The summed E-state index contributed by atoms with van der Waals surface area (Å²) >= 11 is 5.97. The molecule has 1 amide bonds. The summed E-state index contributed by atoms with van der Waals surface area (Å²) in [6.45, 7) is 3.22. The van der Waals surface area contributed by atoms with Crippen LogP contribution in [0.15, 0.2) is 24.3 Å². The fraction of sp³-hybridized carbons (Fsp3) is 0.529. The maximum atomic E-state index is 12.8. The first-order valence-corrected chi connectivity index (χ1v) is 8.13. The predicted octanol–water partition coefficient (Wildman–Crippen LogP) is 2.77. The quantitative estimate of drug-likeness (QED) is 0.748. The molecule has 0 aliphatic carbocycles. The number of benzene rings is 1. The molecule has 2 unspecified atom stereocenters. The third-order valence-corrected chi connectivity index (χ3v) is 4.14. The van der Waals surface area contributed by atoms with Crippen LogP contribution in [0.25, 0.3) is 0 Å². The van der Waals surface area contributed by atoms with Gasteiger partial charge in [0.15, 0.2) is 0 Å². The maximum Gasteiger partial charge on any atom is 0.310 e. The van der Waals surface area contributed by atoms with E-state index in [0.717, 1.165) is 19.4 Å². The SMILES string of the molecule is COC(=O)C(C)CN(CC1CCCO1)C(=O)c1cccc(Cl)c1. The topological polar surface area (TPSA) is 55.8 Å². The van der Waals surface area contributed by atoms with Gasteiger partial charge in [0, 0.05) is 30.3 Å². The van der Waals surface area contributed by atoms with Crippen molar-refractivity contribution in [2.24, 2.45) is 5.92 Å². The summed E-state index contributed by atoms with van der Waals surface area (Å²) in [6.07, 6.45) is 1.94. The lowest BCUT2D eigenvalue weighted by molar-refractivity contribution is -0.145. The summed E-state index contributed by atoms with van der Waals surface area (Å²) in [5, 5.41) is 0.508. The highest BCUT2D eigenvalue weighted by Gasteiger charge is 2.27. The van der Waals surface area contributed by atoms with E-state index in [1.807, 2.05) is 0 Å². The van der Waals surface area contributed by atoms with Gasteiger partial charge in [0.1, 0.15) is 0 Å². The zero-order valence-corrected chi connectivity index (χ0v) is 14.2. The van der Waals surface area contributed by atoms with E-state index in [1.165, 1.54) is 7.11 Å². The maximum absolute atomic E-state index is 12.8. The van der Waals surface area contributed by atoms with Crippen molar-refractivity contribution < 1.29 is 19.1 Å². The van der Waals surface area contributed by atoms with Crippen molar-refractivity contribution in [1.82, 2.24) is 4.90 Å². The van der Waals surface area contributed by atoms with E-state index in [4.69, 9.17) is 21.1 Å². The number of esters is 1. The molecule has 0 spiro atoms. The van der Waals surface area contributed by atoms with E-state index in [1.54, 1.807) is 36.1 Å². The van der Waals surface area contributed by atoms with Crippen molar-refractivity contribution in [1.29, 1.82) is 0 Å². The monoisotopic (exact) mass is 339 g/mol. The van der Waals surface area contributed by atoms with Crippen LogP contribution in [0, 0.1) is 5.92 Å². The van der Waals surface area contributed by atoms with Gasteiger partial charge in [-0.3, -0.25) is 9.59 Å². The molecule has 1 aromatic carbocycles. The second-order valence-electron chi connectivity index (χ2n) is 5.78. The summed E-state index contributed by atoms with van der Waals surface area (Å²) in [7, 11) is 1.35. The fourth-order valence-electron chi connectivity index (χ4n) is 2.68. The third kappa shape index (κ3) is 4.94. The van der Waals surface area contributed by atoms with E-state index in [2.05, 4.69) is 0 Å². The summed E-state index contributed by atoms with van der Waals surface area (Å²) in [6, 6.07) is 6.82. The number of nitrogens with zero attached hydrogens (tertiary/aromatic N) is 1. The molecule has 0 saturated carbocycles. The lowest BCUT2D eigenvalue weighted by Crippen LogP contribution is -2.41. The Morgan fingerprint density at radius 2 is 2.26 bits per heavy atom. The molecule has 0 aromatic heterocycles. The molecule has 2 atom stereocenters. The molecule has 0 radical (unpaired) electrons. The predicted molar refractivity (Wildman–Crippen MR) is 87.5 cm³/mol. The number of rotatable bonds is 6. The minimum atomic E-state index is -0.399. The van der Waals surface area contributed by atoms with Crippen LogP contribution >= 0.6 is 11.6 Å². The first-order chi connectivity index (χ1) is 11.0. The number of carbonyl (C=O) groups is 2. The van der Waals surface area contributed by atoms with Gasteiger partial charge in [-0.25, -0.2) is 0 Å². The Morgan fingerprint density at radius 1 is 1.48 bits per heavy atom. The molecule has 0 bridgehead atoms. The number of methoxy groups -OCH3 is 1. The van der Waals surface area contributed by atoms with Gasteiger partial charge in [0.25, 0.3) is 5.91 Å². The molecule has 1 aliphatic heterocycles. The van der Waals surface area contributed by atoms with E-state index in [0.29, 0.717) is 17.1 Å². The lowest BCUT2D eigenvalue weighted by Gasteiger charge is -2.27. The van der Waals surface area contributed by atoms with Crippen molar-refractivity contribution in [3.8, 4) is 0 Å². The minimum absolute atomic E-state index is 0.0166. The second kappa shape index (κ2) is 8.31. The average molecular weight is 340 g/mol. The van der Waals surface area contributed by atoms with Gasteiger partial charge in [-0.1, -0.05) is 24.6 Å². The lowest BCUT2D eigenvalue weighted by atomic mass is 10.1. The number of amides is 1. The number of carbonyl (C=O) groups excluding carboxylic acids is 2. The standard InChI is InChI=1S/C17H22ClNO4/c1-12(17(21)22-2)10-19(11-15-7-4-8-23-15)16(20)13-5-3-6-14(18)9-13/h3,5-6,9,12,15H,4,7-8,10-11H2,1-2H3. The number of halogens is 1. The van der Waals surface area contributed by atoms with E-state index >= 15 is 0 Å². The fourth-order valence-corrected chi connectivity index (χ4v) is 2.88. The smallest absolute Gasteiger partial charge is 0.310 e. The zero-order chi connectivity index (χ0) is 16.8. The van der Waals surface area contributed by atoms with Crippen molar-refractivity contribution in [2.75, 3.05) is 26.8 Å². The average Bonchev–Trinajstić information content (AvgIpc) is 3.05. The molecule has 1 fully saturated rings. The Hall–Kier alpha value is -1.59. The summed E-state index contributed by atoms with van der Waals surface area (Å²) < 4.78 is 10.4. The Labute approximate surface area is 141 Å². The van der Waals surface area contributed by atoms with Crippen molar-refractivity contribution in [3.05, 3.63) is 34.9 Å². The van der Waals surface area contributed by atoms with E-state index in [9.17, 15) is 9.59 Å². The Morgan fingerprint density at radius 3 is 2.87 bits per heavy atom. The van der Waals surface area contributed by atoms with Crippen molar-refractivity contribution in [2.45, 2.75) is 25.9 Å². The molecule has 1 aliphatic rings. The van der Waals surface area contributed by atoms with Gasteiger partial charge in [0.05, 0.1) is 19.1 Å². The minimum Gasteiger partial charge on any atom is -0.469 e. The zero-order valence-electron chi connectivity index (χ0n) is 13.5. The molecule has 1 heterocycles. The molecule has 0 N–H and O–H groups in total. The summed E-state index contributed by atoms with van der Waals surface area (Å²) in [5.74, 6) is -0.885. The van der Waals surface area contributed by atoms with Crippen LogP contribution in [-0.4, -0.2) is 49.7 Å². The van der Waals surface area contributed by atoms with Crippen LogP contribution in [0.1, 0.15) is 30.1 Å². The number of hydrogen-bond donors (Lipinski definition) is 0. The van der Waals surface area contributed by atoms with Gasteiger partial charge in [-0.15, -0.1) is 0 Å². The van der Waals surface area contributed by atoms with Crippen molar-refractivity contribution in [3.63, 3.8) is 0 Å². The molecule has 1 saturated heterocycles. The van der Waals surface area contributed by atoms with Crippen molar-refractivity contribution >= 4 is 23.5 Å². The van der Waals surface area contributed by atoms with Gasteiger partial charge in [0.2, 0.25) is 0 Å². The normalized spacial score (nSPS) is 18.5. The van der Waals surface area contributed by atoms with Crippen LogP contribution < -0.4 is 0 Å². The molecule has 2 rings (SSSR count). The molecule has 1 aromatic rings. The third-order valence-electron chi connectivity index (χ3n) is 3.90. The van der Waals surface area contributed by atoms with Crippen LogP contribution in [0.3, 0.4) is 0 Å². The van der Waals surface area contributed by atoms with E-state index < -0.39 is 5.92 Å². The first kappa shape index (κ1) is 17.8. The highest BCUT2D eigenvalue weighted by molar-refractivity contribution is 6.30. The van der Waals surface area contributed by atoms with Crippen LogP contribution in [-0.2, 0) is 14.3 Å². The highest BCUT2D eigenvalue weighted by atomic mass is 35.5. The largest absolute Gasteiger partial charge is 0.469 e. The molecule has 126 valence electrons. The van der Waals surface area contributed by atoms with Crippen LogP contribution in [0.4, 0.5) is 0 Å². The molecule has 6 heteroatoms. The second-order valence-corrected chi connectivity index (χ2v) is 6.22. The number of ether oxygens (including phenoxy) is 2. The van der Waals surface area contributed by atoms with Gasteiger partial charge in [-0.2, -0.15) is 0 Å². The Kier molecular flexibility index (Phi) is 6.42. The summed E-state index contributed by atoms with van der Waals surface area (Å²) in [5.41, 5.74) is 0.507. The van der Waals surface area contributed by atoms with Crippen LogP contribution in [0.2, 0.25) is 5.02 Å². The Bertz CT molecular complexity index is 557. The first-order valence-electron chi connectivity index (χ1n) is 7.75. The van der Waals surface area contributed by atoms with Crippen LogP contribution in [0.5, 0.6) is 0 Å². The number of hydrogen-bond acceptors (Lipinski definition) is 4. The van der Waals surface area contributed by atoms with Gasteiger partial charge >= 0.3 is 5.97 Å².